The summed E-state index contributed by atoms with van der Waals surface area (Å²) >= 11 is 0. The van der Waals surface area contributed by atoms with Crippen LogP contribution in [0.2, 0.25) is 0 Å². The molecule has 0 spiro atoms. The van der Waals surface area contributed by atoms with E-state index >= 15 is 0 Å². The number of piperazine rings is 1. The number of benzene rings is 2. The number of nitrogen functional groups attached to an aromatic ring is 2. The number of aliphatic hydroxyl groups is 3. The van der Waals surface area contributed by atoms with Gasteiger partial charge in [0.15, 0.2) is 17.0 Å². The van der Waals surface area contributed by atoms with Crippen molar-refractivity contribution in [2.75, 3.05) is 141 Å². The molecule has 13 rings (SSSR count). The molecule has 4 amide bonds. The Morgan fingerprint density at radius 1 is 0.679 bits per heavy atom. The number of cyclic esters (lactones) is 1. The van der Waals surface area contributed by atoms with E-state index in [1.807, 2.05) is 78.9 Å². The second-order valence-electron chi connectivity index (χ2n) is 36.7. The average molecular weight is 1900 g/mol. The van der Waals surface area contributed by atoms with Gasteiger partial charge in [-0.2, -0.15) is 10.1 Å². The Kier molecular flexibility index (Phi) is 37.2. The molecule has 2 aromatic carbocycles. The maximum Gasteiger partial charge on any atom is 0.407 e. The van der Waals surface area contributed by atoms with Crippen molar-refractivity contribution in [3.05, 3.63) is 143 Å². The quantitative estimate of drug-likeness (QED) is 0.00938. The summed E-state index contributed by atoms with van der Waals surface area (Å²) in [5.74, 6) is -6.97. The van der Waals surface area contributed by atoms with Gasteiger partial charge in [-0.1, -0.05) is 82.4 Å². The minimum absolute atomic E-state index is 0.0286. The fourth-order valence-electron chi connectivity index (χ4n) is 18.8. The molecule has 11 N–H and O–H groups in total. The van der Waals surface area contributed by atoms with Gasteiger partial charge in [-0.15, -0.1) is 0 Å². The molecule has 6 aliphatic rings. The zero-order chi connectivity index (χ0) is 97.4. The number of methoxy groups -OCH3 is 3. The Balaban J connectivity index is 0.477. The monoisotopic (exact) mass is 1900 g/mol. The van der Waals surface area contributed by atoms with Crippen LogP contribution < -0.4 is 37.6 Å². The summed E-state index contributed by atoms with van der Waals surface area (Å²) in [6.07, 6.45) is 16.5. The zero-order valence-electron chi connectivity index (χ0n) is 79.8. The molecule has 4 fully saturated rings. The number of rotatable bonds is 30. The van der Waals surface area contributed by atoms with Gasteiger partial charge in [0.05, 0.1) is 94.8 Å². The molecule has 0 unspecified atom stereocenters. The number of carbonyl (C=O) groups is 7. The number of piperidine rings is 1. The lowest BCUT2D eigenvalue weighted by Crippen LogP contribution is -2.61. The molecule has 1 saturated carbocycles. The van der Waals surface area contributed by atoms with E-state index < -0.39 is 114 Å². The third-order valence-electron chi connectivity index (χ3n) is 26.8. The molecule has 39 nitrogen and oxygen atoms in total. The summed E-state index contributed by atoms with van der Waals surface area (Å²) in [5, 5.41) is 46.2. The molecule has 10 heterocycles. The van der Waals surface area contributed by atoms with Gasteiger partial charge in [-0.05, 0) is 142 Å². The number of aromatic nitrogens is 9. The highest BCUT2D eigenvalue weighted by Crippen LogP contribution is 2.40. The predicted octanol–water partition coefficient (Wildman–Crippen LogP) is 7.44. The molecular formula is C98H134N18O21. The number of oxazole rings is 1. The number of aliphatic hydroxyl groups excluding tert-OH is 2. The summed E-state index contributed by atoms with van der Waals surface area (Å²) in [5.41, 5.74) is 28.1. The Labute approximate surface area is 797 Å². The molecule has 2 bridgehead atoms. The van der Waals surface area contributed by atoms with Gasteiger partial charge in [0, 0.05) is 159 Å². The van der Waals surface area contributed by atoms with Crippen molar-refractivity contribution in [3.8, 4) is 11.3 Å². The number of Topliss-reactive ketones (excluding diaryl/α,β-unsaturated/α-hetero) is 2. The Hall–Kier alpha value is -11.2. The molecular weight excluding hydrogens is 1770 g/mol. The van der Waals surface area contributed by atoms with Gasteiger partial charge >= 0.3 is 12.1 Å². The molecule has 3 saturated heterocycles. The van der Waals surface area contributed by atoms with Gasteiger partial charge in [-0.25, -0.2) is 44.2 Å². The van der Waals surface area contributed by atoms with E-state index in [-0.39, 0.29) is 108 Å². The van der Waals surface area contributed by atoms with Crippen LogP contribution in [-0.2, 0) is 97.4 Å². The molecule has 5 aromatic heterocycles. The number of fused-ring (bicyclic) bond motifs is 6. The lowest BCUT2D eigenvalue weighted by atomic mass is 9.80. The second-order valence-corrected chi connectivity index (χ2v) is 36.7. The zero-order valence-corrected chi connectivity index (χ0v) is 79.8. The number of esters is 1. The molecule has 7 aromatic rings. The maximum absolute atomic E-state index is 14.8. The Bertz CT molecular complexity index is 5360. The fourth-order valence-corrected chi connectivity index (χ4v) is 18.8. The van der Waals surface area contributed by atoms with E-state index in [1.54, 1.807) is 64.8 Å². The van der Waals surface area contributed by atoms with Crippen molar-refractivity contribution in [1.29, 1.82) is 0 Å². The summed E-state index contributed by atoms with van der Waals surface area (Å²) in [4.78, 5) is 136. The standard InChI is InChI=1S/C98H134N18O21/c1-59-15-11-10-12-16-60(2)78(127-7)49-72-23-18-64(6)98(126,137-72)88(121)92(123)115-29-14-13-17-75(115)93(124)134-80(50-79(128-8)61(3)44-63(5)86(119)87(120)85(118)62(4)43-59)73(99)46-65-20-24-77(81(47-65)129-9)136-97(125)102-28-36-131-38-40-133-42-41-132-39-37-130-35-27-82(117)103-51-67-52-104-95(105-53-67)112-31-33-113(34-32-112)96-106-54-71(55-107-96)91(122)114-30-26-68-45-66(19-21-70(68)57-114)56-116-90-83(89(100)108-58-109-90)84(111-116)69-22-25-76-74(48-69)110-94(101)135-76/h10-12,15-16,19,21-22,25,44-45,48,52-55,58-59,61-62,64-65,72-73,75,77-81,86-87,119-120,126H,13-14,17-18,20,23-24,26-43,46-47,49-51,56-57,99H2,1-9H3,(H2,101,110)(H,102,125)(H,103,117)(H2,100,108,109)/b12-10+,15-11+,60-16+,63-44+/t59-,61-,62-,64-,65+,72+,73-,75+,77-,78+,79-,80+,81-,86-,87+,98-/m1/s1. The number of ketones is 2. The van der Waals surface area contributed by atoms with Crippen molar-refractivity contribution in [2.24, 2.45) is 35.3 Å². The average Bonchev–Trinajstić information content (AvgIpc) is 1.65. The topological polar surface area (TPSA) is 509 Å². The molecule has 0 radical (unpaired) electrons. The van der Waals surface area contributed by atoms with Crippen LogP contribution in [0.4, 0.5) is 28.5 Å². The van der Waals surface area contributed by atoms with Crippen molar-refractivity contribution in [2.45, 2.75) is 218 Å². The number of amides is 4. The molecule has 39 heteroatoms. The van der Waals surface area contributed by atoms with Crippen molar-refractivity contribution in [1.82, 2.24) is 65.1 Å². The first-order valence-corrected chi connectivity index (χ1v) is 47.6. The van der Waals surface area contributed by atoms with Crippen LogP contribution in [0.5, 0.6) is 0 Å². The first-order chi connectivity index (χ1) is 66.1. The van der Waals surface area contributed by atoms with Crippen LogP contribution in [0.1, 0.15) is 158 Å². The lowest BCUT2D eigenvalue weighted by Gasteiger charge is -2.43. The maximum atomic E-state index is 14.8. The van der Waals surface area contributed by atoms with Crippen LogP contribution in [0.15, 0.2) is 120 Å². The Morgan fingerprint density at radius 2 is 1.38 bits per heavy atom. The minimum Gasteiger partial charge on any atom is -0.459 e. The molecule has 16 atom stereocenters. The molecule has 137 heavy (non-hydrogen) atoms. The van der Waals surface area contributed by atoms with E-state index in [0.29, 0.717) is 187 Å². The number of anilines is 4. The third-order valence-corrected chi connectivity index (χ3v) is 26.8. The first-order valence-electron chi connectivity index (χ1n) is 47.6. The highest BCUT2D eigenvalue weighted by molar-refractivity contribution is 6.39. The number of allylic oxidation sites excluding steroid dienone is 5. The fraction of sp³-hybridized carbons (Fsp3) is 0.582. The van der Waals surface area contributed by atoms with E-state index in [9.17, 15) is 48.9 Å². The van der Waals surface area contributed by atoms with Gasteiger partial charge in [0.1, 0.15) is 53.8 Å². The highest BCUT2D eigenvalue weighted by Gasteiger charge is 2.53. The highest BCUT2D eigenvalue weighted by atomic mass is 16.6. The minimum atomic E-state index is -2.49. The van der Waals surface area contributed by atoms with E-state index in [1.165, 1.54) is 25.4 Å². The summed E-state index contributed by atoms with van der Waals surface area (Å²) in [6.45, 7) is 17.2. The van der Waals surface area contributed by atoms with Gasteiger partial charge in [-0.3, -0.25) is 24.0 Å². The van der Waals surface area contributed by atoms with Crippen LogP contribution in [0.3, 0.4) is 0 Å². The number of nitrogens with one attached hydrogen (secondary N) is 2. The number of hydrogen-bond donors (Lipinski definition) is 8. The molecule has 1 aliphatic carbocycles. The van der Waals surface area contributed by atoms with E-state index in [4.69, 9.17) is 74.1 Å². The summed E-state index contributed by atoms with van der Waals surface area (Å²) in [7, 11) is 4.59. The molecule has 742 valence electrons. The van der Waals surface area contributed by atoms with Gasteiger partial charge in [0.25, 0.3) is 23.6 Å². The van der Waals surface area contributed by atoms with Crippen molar-refractivity contribution < 1.29 is 101 Å². The predicted molar refractivity (Wildman–Crippen MR) is 507 cm³/mol. The van der Waals surface area contributed by atoms with Crippen molar-refractivity contribution >= 4 is 87.2 Å². The normalized spacial score (nSPS) is 27.0. The smallest absolute Gasteiger partial charge is 0.407 e. The first kappa shape index (κ1) is 103. The van der Waals surface area contributed by atoms with Gasteiger partial charge in [0.2, 0.25) is 23.6 Å². The number of nitrogens with two attached hydrogens (primary N) is 3. The number of nitrogens with zero attached hydrogens (tertiary/aromatic N) is 13. The van der Waals surface area contributed by atoms with Crippen LogP contribution in [0, 0.1) is 29.6 Å². The SMILES string of the molecule is CO[C@H]1C[C@@H]2CC[C@@H](C)[C@@](O)(O2)C(=O)C(=O)N2CCCC[C@H]2C(=O)O[C@H]([C@H](N)C[C@@H]2CC[C@@H](OC(=O)NCCOCCOCCOCCOCCC(=O)NCc3cnc(N4CCN(c5ncc(C(=O)N6CCc7cc(Cn8nc(-c9ccc%10oc(N)nc%10c9)c9c(N)ncnc98)ccc7C6)cn5)CC4)nc3)[C@H](OC)C2)C[C@@H](OC)[C@H](C)/C=C(\C)[C@@H](O)[C@@H](O)C(=O)[C@H](C)C[C@H](C)/C=C/C=C/C=C/1C. The summed E-state index contributed by atoms with van der Waals surface area (Å²) < 4.78 is 66.3. The number of ether oxygens (including phenoxy) is 10. The largest absolute Gasteiger partial charge is 0.459 e. The Morgan fingerprint density at radius 3 is 2.09 bits per heavy atom. The van der Waals surface area contributed by atoms with Crippen molar-refractivity contribution in [3.63, 3.8) is 0 Å². The van der Waals surface area contributed by atoms with Crippen LogP contribution in [-0.4, -0.2) is 298 Å². The lowest BCUT2D eigenvalue weighted by molar-refractivity contribution is -0.265. The van der Waals surface area contributed by atoms with Crippen LogP contribution in [0.25, 0.3) is 33.4 Å². The third kappa shape index (κ3) is 27.2. The van der Waals surface area contributed by atoms with E-state index in [0.717, 1.165) is 33.4 Å². The number of carbonyl (C=O) groups excluding carboxylic acids is 7. The van der Waals surface area contributed by atoms with E-state index in [2.05, 4.69) is 67.5 Å². The van der Waals surface area contributed by atoms with Crippen LogP contribution >= 0.6 is 0 Å². The van der Waals surface area contributed by atoms with Gasteiger partial charge < -0.3 is 115 Å². The molecule has 5 aliphatic heterocycles. The number of hydrogen-bond acceptors (Lipinski definition) is 34. The second kappa shape index (κ2) is 49.4. The summed E-state index contributed by atoms with van der Waals surface area (Å²) in [6, 6.07) is 9.81. The number of alkyl carbamates (subject to hydrolysis) is 1.